The number of hydrogen-bond acceptors (Lipinski definition) is 1. The maximum absolute atomic E-state index is 5.37. The minimum atomic E-state index is 0.527. The zero-order chi connectivity index (χ0) is 5.98. The molecule has 0 aliphatic carbocycles. The predicted octanol–water partition coefficient (Wildman–Crippen LogP) is 1.95. The number of halogens is 1. The normalized spacial score (nSPS) is 38.2. The molecule has 1 aliphatic heterocycles. The molecule has 1 saturated heterocycles. The molecule has 1 fully saturated rings. The van der Waals surface area contributed by atoms with Crippen LogP contribution in [0, 0.1) is 0 Å². The van der Waals surface area contributed by atoms with Crippen LogP contribution in [-0.2, 0) is 4.74 Å². The molecule has 0 aromatic rings. The molecule has 0 amide bonds. The Morgan fingerprint density at radius 1 is 1.75 bits per heavy atom. The van der Waals surface area contributed by atoms with Gasteiger partial charge in [0.05, 0.1) is 12.7 Å². The summed E-state index contributed by atoms with van der Waals surface area (Å²) >= 11 is 3.49. The molecule has 8 heavy (non-hydrogen) atoms. The van der Waals surface area contributed by atoms with Gasteiger partial charge in [-0.3, -0.25) is 0 Å². The van der Waals surface area contributed by atoms with Crippen LogP contribution in [0.5, 0.6) is 0 Å². The van der Waals surface area contributed by atoms with Crippen LogP contribution < -0.4 is 0 Å². The molecular formula is C6H11BrO. The van der Waals surface area contributed by atoms with E-state index in [9.17, 15) is 0 Å². The van der Waals surface area contributed by atoms with Gasteiger partial charge in [0.2, 0.25) is 0 Å². The van der Waals surface area contributed by atoms with Gasteiger partial charge in [-0.15, -0.1) is 0 Å². The monoisotopic (exact) mass is 178 g/mol. The van der Waals surface area contributed by atoms with E-state index >= 15 is 0 Å². The van der Waals surface area contributed by atoms with Crippen molar-refractivity contribution in [2.45, 2.75) is 30.7 Å². The van der Waals surface area contributed by atoms with E-state index in [0.717, 1.165) is 13.0 Å². The Hall–Kier alpha value is 0.440. The zero-order valence-corrected chi connectivity index (χ0v) is 6.65. The number of rotatable bonds is 1. The number of ether oxygens (including phenoxy) is 1. The second-order valence-electron chi connectivity index (χ2n) is 2.20. The highest BCUT2D eigenvalue weighted by Crippen LogP contribution is 2.21. The van der Waals surface area contributed by atoms with E-state index in [2.05, 4.69) is 22.9 Å². The maximum Gasteiger partial charge on any atom is 0.0596 e. The molecule has 1 heterocycles. The van der Waals surface area contributed by atoms with Crippen LogP contribution in [-0.4, -0.2) is 17.5 Å². The minimum Gasteiger partial charge on any atom is -0.377 e. The summed E-state index contributed by atoms with van der Waals surface area (Å²) in [5.41, 5.74) is 0. The van der Waals surface area contributed by atoms with Crippen LogP contribution >= 0.6 is 15.9 Å². The standard InChI is InChI=1S/C6H11BrO/c1-2-6-3-5(7)4-8-6/h5-6H,2-4H2,1H3. The first-order valence-corrected chi connectivity index (χ1v) is 4.00. The summed E-state index contributed by atoms with van der Waals surface area (Å²) in [7, 11) is 0. The third-order valence-corrected chi connectivity index (χ3v) is 2.12. The second kappa shape index (κ2) is 2.83. The molecule has 0 aromatic carbocycles. The van der Waals surface area contributed by atoms with Crippen molar-refractivity contribution in [1.29, 1.82) is 0 Å². The highest BCUT2D eigenvalue weighted by molar-refractivity contribution is 9.09. The van der Waals surface area contributed by atoms with Gasteiger partial charge in [0.1, 0.15) is 0 Å². The zero-order valence-electron chi connectivity index (χ0n) is 5.06. The summed E-state index contributed by atoms with van der Waals surface area (Å²) in [5.74, 6) is 0. The largest absolute Gasteiger partial charge is 0.377 e. The fourth-order valence-corrected chi connectivity index (χ4v) is 1.52. The van der Waals surface area contributed by atoms with Gasteiger partial charge in [0.25, 0.3) is 0 Å². The number of alkyl halides is 1. The first-order valence-electron chi connectivity index (χ1n) is 3.08. The SMILES string of the molecule is CCC1CC(Br)CO1. The fourth-order valence-electron chi connectivity index (χ4n) is 0.946. The average Bonchev–Trinajstić information content (AvgIpc) is 2.14. The molecule has 2 heteroatoms. The Morgan fingerprint density at radius 2 is 2.50 bits per heavy atom. The van der Waals surface area contributed by atoms with Gasteiger partial charge in [0, 0.05) is 4.83 Å². The topological polar surface area (TPSA) is 9.23 Å². The summed E-state index contributed by atoms with van der Waals surface area (Å²) in [6.07, 6.45) is 2.87. The summed E-state index contributed by atoms with van der Waals surface area (Å²) in [4.78, 5) is 0.618. The van der Waals surface area contributed by atoms with E-state index in [4.69, 9.17) is 4.74 Å². The van der Waals surface area contributed by atoms with Crippen molar-refractivity contribution in [2.75, 3.05) is 6.61 Å². The highest BCUT2D eigenvalue weighted by atomic mass is 79.9. The van der Waals surface area contributed by atoms with Crippen LogP contribution in [0.1, 0.15) is 19.8 Å². The fraction of sp³-hybridized carbons (Fsp3) is 1.00. The lowest BCUT2D eigenvalue weighted by Gasteiger charge is -2.01. The van der Waals surface area contributed by atoms with Gasteiger partial charge in [-0.1, -0.05) is 22.9 Å². The Labute approximate surface area is 58.5 Å². The molecule has 0 spiro atoms. The molecule has 1 nitrogen and oxygen atoms in total. The Balaban J connectivity index is 2.22. The molecule has 0 radical (unpaired) electrons. The van der Waals surface area contributed by atoms with E-state index in [0.29, 0.717) is 10.9 Å². The van der Waals surface area contributed by atoms with E-state index < -0.39 is 0 Å². The summed E-state index contributed by atoms with van der Waals surface area (Å²) in [5, 5.41) is 0. The van der Waals surface area contributed by atoms with Crippen molar-refractivity contribution >= 4 is 15.9 Å². The quantitative estimate of drug-likeness (QED) is 0.559. The van der Waals surface area contributed by atoms with E-state index in [1.54, 1.807) is 0 Å². The third kappa shape index (κ3) is 1.46. The van der Waals surface area contributed by atoms with Gasteiger partial charge in [-0.25, -0.2) is 0 Å². The van der Waals surface area contributed by atoms with Gasteiger partial charge in [-0.2, -0.15) is 0 Å². The van der Waals surface area contributed by atoms with Crippen molar-refractivity contribution in [3.63, 3.8) is 0 Å². The van der Waals surface area contributed by atoms with Gasteiger partial charge >= 0.3 is 0 Å². The van der Waals surface area contributed by atoms with E-state index in [1.165, 1.54) is 6.42 Å². The smallest absolute Gasteiger partial charge is 0.0596 e. The lowest BCUT2D eigenvalue weighted by Crippen LogP contribution is -2.01. The minimum absolute atomic E-state index is 0.527. The lowest BCUT2D eigenvalue weighted by molar-refractivity contribution is 0.109. The van der Waals surface area contributed by atoms with Crippen molar-refractivity contribution < 1.29 is 4.74 Å². The molecule has 0 aromatic heterocycles. The van der Waals surface area contributed by atoms with Crippen LogP contribution in [0.15, 0.2) is 0 Å². The molecule has 1 rings (SSSR count). The molecule has 0 N–H and O–H groups in total. The van der Waals surface area contributed by atoms with Gasteiger partial charge in [0.15, 0.2) is 0 Å². The Kier molecular flexibility index (Phi) is 2.32. The van der Waals surface area contributed by atoms with Crippen LogP contribution in [0.2, 0.25) is 0 Å². The second-order valence-corrected chi connectivity index (χ2v) is 3.49. The maximum atomic E-state index is 5.37. The molecule has 0 bridgehead atoms. The van der Waals surface area contributed by atoms with E-state index in [-0.39, 0.29) is 0 Å². The van der Waals surface area contributed by atoms with Crippen molar-refractivity contribution in [3.05, 3.63) is 0 Å². The first-order chi connectivity index (χ1) is 3.83. The molecule has 0 saturated carbocycles. The predicted molar refractivity (Wildman–Crippen MR) is 37.4 cm³/mol. The Morgan fingerprint density at radius 3 is 2.75 bits per heavy atom. The van der Waals surface area contributed by atoms with Crippen LogP contribution in [0.4, 0.5) is 0 Å². The van der Waals surface area contributed by atoms with Crippen LogP contribution in [0.3, 0.4) is 0 Å². The van der Waals surface area contributed by atoms with E-state index in [1.807, 2.05) is 0 Å². The molecule has 2 atom stereocenters. The average molecular weight is 179 g/mol. The van der Waals surface area contributed by atoms with Crippen molar-refractivity contribution in [2.24, 2.45) is 0 Å². The van der Waals surface area contributed by atoms with Crippen molar-refractivity contribution in [1.82, 2.24) is 0 Å². The molecule has 48 valence electrons. The molecule has 2 unspecified atom stereocenters. The van der Waals surface area contributed by atoms with Gasteiger partial charge in [-0.05, 0) is 12.8 Å². The highest BCUT2D eigenvalue weighted by Gasteiger charge is 2.20. The Bertz CT molecular complexity index is 74.9. The third-order valence-electron chi connectivity index (χ3n) is 1.49. The summed E-state index contributed by atoms with van der Waals surface area (Å²) in [6, 6.07) is 0. The molecule has 1 aliphatic rings. The number of hydrogen-bond donors (Lipinski definition) is 0. The molecular weight excluding hydrogens is 168 g/mol. The summed E-state index contributed by atoms with van der Waals surface area (Å²) in [6.45, 7) is 3.06. The lowest BCUT2D eigenvalue weighted by atomic mass is 10.2. The van der Waals surface area contributed by atoms with Gasteiger partial charge < -0.3 is 4.74 Å². The van der Waals surface area contributed by atoms with Crippen LogP contribution in [0.25, 0.3) is 0 Å². The van der Waals surface area contributed by atoms with Crippen molar-refractivity contribution in [3.8, 4) is 0 Å². The summed E-state index contributed by atoms with van der Waals surface area (Å²) < 4.78 is 5.37. The first kappa shape index (κ1) is 6.56.